The number of aromatic nitrogens is 3. The molecule has 0 spiro atoms. The average Bonchev–Trinajstić information content (AvgIpc) is 2.87. The van der Waals surface area contributed by atoms with Crippen LogP contribution >= 0.6 is 27.3 Å². The predicted molar refractivity (Wildman–Crippen MR) is 73.9 cm³/mol. The van der Waals surface area contributed by atoms with Crippen LogP contribution in [0, 0.1) is 0 Å². The summed E-state index contributed by atoms with van der Waals surface area (Å²) >= 11 is 4.92. The fourth-order valence-electron chi connectivity index (χ4n) is 1.76. The summed E-state index contributed by atoms with van der Waals surface area (Å²) in [4.78, 5) is 15.4. The maximum atomic E-state index is 5.33. The summed E-state index contributed by atoms with van der Waals surface area (Å²) in [6.45, 7) is 3.14. The summed E-state index contributed by atoms with van der Waals surface area (Å²) in [6.07, 6.45) is 1.78. The molecule has 0 atom stereocenters. The molecule has 0 saturated carbocycles. The SMILES string of the molecule is Brc1csc(-c2ccnc(N3CCOCC3)n2)n1. The van der Waals surface area contributed by atoms with Crippen molar-refractivity contribution in [3.8, 4) is 10.7 Å². The molecule has 2 aromatic heterocycles. The summed E-state index contributed by atoms with van der Waals surface area (Å²) < 4.78 is 6.17. The molecule has 1 saturated heterocycles. The van der Waals surface area contributed by atoms with Crippen LogP contribution in [0.1, 0.15) is 0 Å². The minimum Gasteiger partial charge on any atom is -0.378 e. The molecule has 3 rings (SSSR count). The van der Waals surface area contributed by atoms with Crippen molar-refractivity contribution in [3.63, 3.8) is 0 Å². The Kier molecular flexibility index (Phi) is 3.53. The number of nitrogens with zero attached hydrogens (tertiary/aromatic N) is 4. The van der Waals surface area contributed by atoms with Gasteiger partial charge in [0.2, 0.25) is 5.95 Å². The highest BCUT2D eigenvalue weighted by atomic mass is 79.9. The maximum Gasteiger partial charge on any atom is 0.226 e. The maximum absolute atomic E-state index is 5.33. The smallest absolute Gasteiger partial charge is 0.226 e. The Balaban J connectivity index is 1.88. The van der Waals surface area contributed by atoms with Gasteiger partial charge in [0.05, 0.1) is 13.2 Å². The lowest BCUT2D eigenvalue weighted by atomic mass is 10.4. The third kappa shape index (κ3) is 2.52. The molecule has 0 aromatic carbocycles. The lowest BCUT2D eigenvalue weighted by Crippen LogP contribution is -2.37. The number of thiazole rings is 1. The molecule has 5 nitrogen and oxygen atoms in total. The van der Waals surface area contributed by atoms with Crippen LogP contribution in [0.3, 0.4) is 0 Å². The molecule has 1 aliphatic rings. The van der Waals surface area contributed by atoms with Crippen LogP contribution in [-0.2, 0) is 4.74 Å². The molecule has 1 aliphatic heterocycles. The first kappa shape index (κ1) is 12.0. The molecule has 0 bridgehead atoms. The van der Waals surface area contributed by atoms with Crippen LogP contribution < -0.4 is 4.90 Å². The van der Waals surface area contributed by atoms with Gasteiger partial charge in [-0.05, 0) is 22.0 Å². The highest BCUT2D eigenvalue weighted by Crippen LogP contribution is 2.25. The zero-order chi connectivity index (χ0) is 12.4. The van der Waals surface area contributed by atoms with Crippen molar-refractivity contribution in [2.24, 2.45) is 0 Å². The van der Waals surface area contributed by atoms with E-state index in [1.807, 2.05) is 11.4 Å². The van der Waals surface area contributed by atoms with Gasteiger partial charge in [0, 0.05) is 24.7 Å². The van der Waals surface area contributed by atoms with Gasteiger partial charge in [0.1, 0.15) is 15.3 Å². The van der Waals surface area contributed by atoms with E-state index in [1.165, 1.54) is 0 Å². The third-order valence-electron chi connectivity index (χ3n) is 2.63. The Morgan fingerprint density at radius 3 is 2.83 bits per heavy atom. The molecule has 7 heteroatoms. The molecule has 0 aliphatic carbocycles. The van der Waals surface area contributed by atoms with E-state index in [4.69, 9.17) is 4.74 Å². The first-order valence-corrected chi connectivity index (χ1v) is 7.27. The summed E-state index contributed by atoms with van der Waals surface area (Å²) in [5, 5.41) is 2.85. The van der Waals surface area contributed by atoms with Crippen molar-refractivity contribution in [2.75, 3.05) is 31.2 Å². The fraction of sp³-hybridized carbons (Fsp3) is 0.364. The second-order valence-electron chi connectivity index (χ2n) is 3.82. The zero-order valence-electron chi connectivity index (χ0n) is 9.54. The van der Waals surface area contributed by atoms with Gasteiger partial charge in [0.25, 0.3) is 0 Å². The molecular weight excluding hydrogens is 316 g/mol. The molecule has 2 aromatic rings. The highest BCUT2D eigenvalue weighted by Gasteiger charge is 2.15. The second kappa shape index (κ2) is 5.29. The largest absolute Gasteiger partial charge is 0.378 e. The van der Waals surface area contributed by atoms with Gasteiger partial charge in [-0.25, -0.2) is 15.0 Å². The van der Waals surface area contributed by atoms with Crippen LogP contribution in [0.4, 0.5) is 5.95 Å². The van der Waals surface area contributed by atoms with Gasteiger partial charge in [-0.15, -0.1) is 11.3 Å². The van der Waals surface area contributed by atoms with E-state index < -0.39 is 0 Å². The zero-order valence-corrected chi connectivity index (χ0v) is 11.9. The quantitative estimate of drug-likeness (QED) is 0.846. The van der Waals surface area contributed by atoms with E-state index >= 15 is 0 Å². The number of halogens is 1. The van der Waals surface area contributed by atoms with Crippen LogP contribution in [0.2, 0.25) is 0 Å². The van der Waals surface area contributed by atoms with E-state index in [-0.39, 0.29) is 0 Å². The van der Waals surface area contributed by atoms with E-state index in [9.17, 15) is 0 Å². The van der Waals surface area contributed by atoms with Crippen LogP contribution in [0.15, 0.2) is 22.2 Å². The van der Waals surface area contributed by atoms with Gasteiger partial charge < -0.3 is 9.64 Å². The number of hydrogen-bond donors (Lipinski definition) is 0. The molecule has 0 unspecified atom stereocenters. The molecule has 18 heavy (non-hydrogen) atoms. The number of anilines is 1. The first-order valence-electron chi connectivity index (χ1n) is 5.60. The minimum absolute atomic E-state index is 0.733. The first-order chi connectivity index (χ1) is 8.83. The summed E-state index contributed by atoms with van der Waals surface area (Å²) in [5.74, 6) is 0.752. The van der Waals surface area contributed by atoms with Gasteiger partial charge in [-0.3, -0.25) is 0 Å². The Bertz CT molecular complexity index is 541. The van der Waals surface area contributed by atoms with Crippen LogP contribution in [0.25, 0.3) is 10.7 Å². The fourth-order valence-corrected chi connectivity index (χ4v) is 2.98. The molecule has 94 valence electrons. The van der Waals surface area contributed by atoms with Gasteiger partial charge in [-0.2, -0.15) is 0 Å². The Morgan fingerprint density at radius 1 is 1.28 bits per heavy atom. The Hall–Kier alpha value is -1.05. The molecule has 1 fully saturated rings. The van der Waals surface area contributed by atoms with Gasteiger partial charge in [-0.1, -0.05) is 0 Å². The van der Waals surface area contributed by atoms with E-state index in [0.29, 0.717) is 0 Å². The Labute approximate surface area is 117 Å². The van der Waals surface area contributed by atoms with Gasteiger partial charge in [0.15, 0.2) is 0 Å². The lowest BCUT2D eigenvalue weighted by molar-refractivity contribution is 0.122. The minimum atomic E-state index is 0.733. The summed E-state index contributed by atoms with van der Waals surface area (Å²) in [7, 11) is 0. The Morgan fingerprint density at radius 2 is 2.11 bits per heavy atom. The number of ether oxygens (including phenoxy) is 1. The third-order valence-corrected chi connectivity index (χ3v) is 4.21. The normalized spacial score (nSPS) is 15.9. The van der Waals surface area contributed by atoms with E-state index in [0.717, 1.165) is 47.6 Å². The molecular formula is C11H11BrN4OS. The summed E-state index contributed by atoms with van der Waals surface area (Å²) in [6, 6.07) is 1.88. The van der Waals surface area contributed by atoms with E-state index in [1.54, 1.807) is 17.5 Å². The van der Waals surface area contributed by atoms with Crippen LogP contribution in [-0.4, -0.2) is 41.3 Å². The van der Waals surface area contributed by atoms with Gasteiger partial charge >= 0.3 is 0 Å². The standard InChI is InChI=1S/C11H11BrN4OS/c12-9-7-18-10(15-9)8-1-2-13-11(14-8)16-3-5-17-6-4-16/h1-2,7H,3-6H2. The highest BCUT2D eigenvalue weighted by molar-refractivity contribution is 9.10. The molecule has 0 radical (unpaired) electrons. The monoisotopic (exact) mass is 326 g/mol. The molecule has 0 N–H and O–H groups in total. The van der Waals surface area contributed by atoms with Crippen molar-refractivity contribution >= 4 is 33.2 Å². The van der Waals surface area contributed by atoms with Crippen molar-refractivity contribution in [3.05, 3.63) is 22.2 Å². The predicted octanol–water partition coefficient (Wildman–Crippen LogP) is 2.20. The van der Waals surface area contributed by atoms with E-state index in [2.05, 4.69) is 35.8 Å². The van der Waals surface area contributed by atoms with Crippen molar-refractivity contribution in [2.45, 2.75) is 0 Å². The second-order valence-corrected chi connectivity index (χ2v) is 5.49. The number of morpholine rings is 1. The average molecular weight is 327 g/mol. The van der Waals surface area contributed by atoms with Crippen molar-refractivity contribution in [1.29, 1.82) is 0 Å². The van der Waals surface area contributed by atoms with Crippen molar-refractivity contribution in [1.82, 2.24) is 15.0 Å². The topological polar surface area (TPSA) is 51.1 Å². The van der Waals surface area contributed by atoms with Crippen LogP contribution in [0.5, 0.6) is 0 Å². The molecule has 3 heterocycles. The molecule has 0 amide bonds. The summed E-state index contributed by atoms with van der Waals surface area (Å²) in [5.41, 5.74) is 0.863. The number of rotatable bonds is 2. The number of hydrogen-bond acceptors (Lipinski definition) is 6. The van der Waals surface area contributed by atoms with Crippen molar-refractivity contribution < 1.29 is 4.74 Å². The lowest BCUT2D eigenvalue weighted by Gasteiger charge is -2.26.